The predicted octanol–water partition coefficient (Wildman–Crippen LogP) is 10.9. The third-order valence-corrected chi connectivity index (χ3v) is 10.5. The molecule has 322 valence electrons. The molecule has 8 nitrogen and oxygen atoms in total. The number of ether oxygens (including phenoxy) is 1. The fourth-order valence-corrected chi connectivity index (χ4v) is 6.91. The zero-order chi connectivity index (χ0) is 40.6. The van der Waals surface area contributed by atoms with Crippen LogP contribution in [0.5, 0.6) is 0 Å². The third kappa shape index (κ3) is 32.4. The molecular formula is C48H85N3O5. The van der Waals surface area contributed by atoms with Gasteiger partial charge in [-0.1, -0.05) is 133 Å². The van der Waals surface area contributed by atoms with Gasteiger partial charge in [-0.3, -0.25) is 9.59 Å². The van der Waals surface area contributed by atoms with Gasteiger partial charge in [-0.25, -0.2) is 4.79 Å². The van der Waals surface area contributed by atoms with Gasteiger partial charge in [-0.05, 0) is 102 Å². The number of nitrogens with zero attached hydrogens (tertiary/aromatic N) is 1. The van der Waals surface area contributed by atoms with E-state index < -0.39 is 12.0 Å². The molecule has 1 heterocycles. The zero-order valence-corrected chi connectivity index (χ0v) is 36.1. The van der Waals surface area contributed by atoms with E-state index in [4.69, 9.17) is 9.84 Å². The molecule has 0 aromatic heterocycles. The van der Waals surface area contributed by atoms with Crippen molar-refractivity contribution in [1.82, 2.24) is 15.5 Å². The topological polar surface area (TPSA) is 108 Å². The lowest BCUT2D eigenvalue weighted by Crippen LogP contribution is -2.49. The van der Waals surface area contributed by atoms with Crippen LogP contribution in [0.25, 0.3) is 0 Å². The molecule has 1 aliphatic rings. The van der Waals surface area contributed by atoms with Crippen LogP contribution in [0.2, 0.25) is 0 Å². The van der Waals surface area contributed by atoms with Gasteiger partial charge in [0.15, 0.2) is 0 Å². The Balaban J connectivity index is 2.29. The number of amides is 2. The second kappa shape index (κ2) is 39.1. The fourth-order valence-electron chi connectivity index (χ4n) is 6.91. The van der Waals surface area contributed by atoms with Crippen LogP contribution in [0.15, 0.2) is 48.6 Å². The van der Waals surface area contributed by atoms with E-state index in [0.29, 0.717) is 25.4 Å². The number of aliphatic hydroxyl groups excluding tert-OH is 1. The maximum atomic E-state index is 13.1. The van der Waals surface area contributed by atoms with Crippen LogP contribution >= 0.6 is 0 Å². The van der Waals surface area contributed by atoms with Gasteiger partial charge >= 0.3 is 5.97 Å². The first-order valence-electron chi connectivity index (χ1n) is 23.2. The number of nitrogens with one attached hydrogen (secondary N) is 2. The van der Waals surface area contributed by atoms with E-state index in [1.165, 1.54) is 70.6 Å². The van der Waals surface area contributed by atoms with Gasteiger partial charge in [-0.15, -0.1) is 0 Å². The Morgan fingerprint density at radius 2 is 1.11 bits per heavy atom. The van der Waals surface area contributed by atoms with Crippen molar-refractivity contribution in [3.8, 4) is 0 Å². The molecule has 2 amide bonds. The summed E-state index contributed by atoms with van der Waals surface area (Å²) in [4.78, 5) is 40.8. The quantitative estimate of drug-likeness (QED) is 0.0325. The first kappa shape index (κ1) is 51.3. The Labute approximate surface area is 343 Å². The van der Waals surface area contributed by atoms with Crippen molar-refractivity contribution in [2.45, 2.75) is 193 Å². The van der Waals surface area contributed by atoms with Gasteiger partial charge in [0, 0.05) is 39.1 Å². The van der Waals surface area contributed by atoms with Crippen molar-refractivity contribution in [3.63, 3.8) is 0 Å². The lowest BCUT2D eigenvalue weighted by Gasteiger charge is -2.39. The Morgan fingerprint density at radius 1 is 0.625 bits per heavy atom. The second-order valence-corrected chi connectivity index (χ2v) is 15.9. The average molecular weight is 784 g/mol. The molecule has 1 rings (SSSR count). The summed E-state index contributed by atoms with van der Waals surface area (Å²) in [6.07, 6.45) is 46.6. The van der Waals surface area contributed by atoms with Crippen LogP contribution in [0.3, 0.4) is 0 Å². The Morgan fingerprint density at radius 3 is 1.64 bits per heavy atom. The minimum Gasteiger partial charge on any atom is -0.464 e. The largest absolute Gasteiger partial charge is 0.464 e. The first-order valence-corrected chi connectivity index (χ1v) is 23.2. The highest BCUT2D eigenvalue weighted by molar-refractivity contribution is 5.85. The Hall–Kier alpha value is -2.71. The molecule has 0 aromatic carbocycles. The normalized spacial score (nSPS) is 14.3. The summed E-state index contributed by atoms with van der Waals surface area (Å²) in [5.41, 5.74) is 0. The van der Waals surface area contributed by atoms with E-state index >= 15 is 0 Å². The minimum atomic E-state index is -0.886. The lowest BCUT2D eigenvalue weighted by molar-refractivity contribution is -0.148. The molecule has 3 N–H and O–H groups in total. The molecule has 56 heavy (non-hydrogen) atoms. The average Bonchev–Trinajstić information content (AvgIpc) is 3.18. The van der Waals surface area contributed by atoms with Crippen molar-refractivity contribution in [2.24, 2.45) is 5.92 Å². The van der Waals surface area contributed by atoms with Gasteiger partial charge in [0.1, 0.15) is 6.04 Å². The molecule has 8 heteroatoms. The van der Waals surface area contributed by atoms with Crippen LogP contribution in [-0.2, 0) is 19.1 Å². The second-order valence-electron chi connectivity index (χ2n) is 15.9. The minimum absolute atomic E-state index is 0.0392. The van der Waals surface area contributed by atoms with Gasteiger partial charge in [0.25, 0.3) is 0 Å². The molecule has 0 aliphatic carbocycles. The number of aliphatic hydroxyl groups is 1. The maximum Gasteiger partial charge on any atom is 0.330 e. The van der Waals surface area contributed by atoms with E-state index in [2.05, 4.69) is 78.0 Å². The monoisotopic (exact) mass is 784 g/mol. The number of hydrogen-bond acceptors (Lipinski definition) is 6. The summed E-state index contributed by atoms with van der Waals surface area (Å²) in [5, 5.41) is 14.8. The maximum absolute atomic E-state index is 13.1. The van der Waals surface area contributed by atoms with Gasteiger partial charge in [-0.2, -0.15) is 0 Å². The fraction of sp³-hybridized carbons (Fsp3) is 0.771. The molecule has 0 saturated carbocycles. The summed E-state index contributed by atoms with van der Waals surface area (Å²) in [7, 11) is 0. The molecule has 1 unspecified atom stereocenters. The molecule has 0 spiro atoms. The lowest BCUT2D eigenvalue weighted by atomic mass is 9.96. The van der Waals surface area contributed by atoms with Gasteiger partial charge < -0.3 is 25.4 Å². The SMILES string of the molecule is CCCCC/C=C\C/C=C\CCCCCCCCOC(=O)C(CNC(=O)CCCN1CC(CCO)C1)NC(=O)CCCCCCC/C=C\C/C=C\CCCCC. The zero-order valence-electron chi connectivity index (χ0n) is 36.1. The van der Waals surface area contributed by atoms with Crippen LogP contribution in [0.4, 0.5) is 0 Å². The van der Waals surface area contributed by atoms with Gasteiger partial charge in [0.05, 0.1) is 6.61 Å². The first-order chi connectivity index (χ1) is 27.5. The smallest absolute Gasteiger partial charge is 0.330 e. The summed E-state index contributed by atoms with van der Waals surface area (Å²) in [6.45, 7) is 7.87. The number of hydrogen-bond donors (Lipinski definition) is 3. The molecular weight excluding hydrogens is 699 g/mol. The van der Waals surface area contributed by atoms with E-state index in [0.717, 1.165) is 110 Å². The molecule has 0 aromatic rings. The molecule has 1 saturated heterocycles. The number of rotatable bonds is 39. The molecule has 1 fully saturated rings. The highest BCUT2D eigenvalue weighted by Crippen LogP contribution is 2.19. The van der Waals surface area contributed by atoms with Crippen molar-refractivity contribution in [3.05, 3.63) is 48.6 Å². The Bertz CT molecular complexity index is 1070. The number of carbonyl (C=O) groups excluding carboxylic acids is 3. The summed E-state index contributed by atoms with van der Waals surface area (Å²) < 4.78 is 5.60. The van der Waals surface area contributed by atoms with Crippen molar-refractivity contribution in [1.29, 1.82) is 0 Å². The number of esters is 1. The summed E-state index contributed by atoms with van der Waals surface area (Å²) in [5.74, 6) is -0.208. The predicted molar refractivity (Wildman–Crippen MR) is 235 cm³/mol. The van der Waals surface area contributed by atoms with E-state index in [9.17, 15) is 14.4 Å². The standard InChI is InChI=1S/C48H85N3O5/c1-3-5-7-9-11-13-15-17-19-21-23-25-27-29-31-33-40-56-48(55)45(41-49-46(53)36-34-38-51-42-44(43-51)37-39-52)50-47(54)35-32-30-28-26-24-22-20-18-16-14-12-10-8-6-4-2/h11-14,17-20,44-45,52H,3-10,15-16,21-43H2,1-2H3,(H,49,53)(H,50,54)/b13-11-,14-12-,19-17-,20-18-. The van der Waals surface area contributed by atoms with Crippen LogP contribution in [0.1, 0.15) is 187 Å². The van der Waals surface area contributed by atoms with Crippen LogP contribution in [-0.4, -0.2) is 73.2 Å². The van der Waals surface area contributed by atoms with Crippen molar-refractivity contribution >= 4 is 17.8 Å². The van der Waals surface area contributed by atoms with Gasteiger partial charge in [0.2, 0.25) is 11.8 Å². The Kier molecular flexibility index (Phi) is 35.9. The van der Waals surface area contributed by atoms with Crippen LogP contribution < -0.4 is 10.6 Å². The van der Waals surface area contributed by atoms with Crippen molar-refractivity contribution in [2.75, 3.05) is 39.4 Å². The summed E-state index contributed by atoms with van der Waals surface area (Å²) >= 11 is 0. The highest BCUT2D eigenvalue weighted by atomic mass is 16.5. The highest BCUT2D eigenvalue weighted by Gasteiger charge is 2.26. The van der Waals surface area contributed by atoms with Crippen LogP contribution in [0, 0.1) is 5.92 Å². The number of carbonyl (C=O) groups is 3. The molecule has 0 bridgehead atoms. The number of likely N-dealkylation sites (tertiary alicyclic amines) is 1. The van der Waals surface area contributed by atoms with E-state index in [1.807, 2.05) is 0 Å². The summed E-state index contributed by atoms with van der Waals surface area (Å²) in [6, 6.07) is -0.886. The number of unbranched alkanes of at least 4 members (excludes halogenated alkanes) is 17. The molecule has 1 aliphatic heterocycles. The van der Waals surface area contributed by atoms with E-state index in [-0.39, 0.29) is 25.0 Å². The van der Waals surface area contributed by atoms with E-state index in [1.54, 1.807) is 0 Å². The molecule has 0 radical (unpaired) electrons. The molecule has 1 atom stereocenters. The third-order valence-electron chi connectivity index (χ3n) is 10.5. The number of allylic oxidation sites excluding steroid dienone is 8. The van der Waals surface area contributed by atoms with Crippen molar-refractivity contribution < 1.29 is 24.2 Å².